The molecule has 2 heteroatoms. The number of fused-ring (bicyclic) bond motifs is 1. The normalized spacial score (nSPS) is 40.7. The second-order valence-corrected chi connectivity index (χ2v) is 4.95. The van der Waals surface area contributed by atoms with Crippen molar-refractivity contribution in [2.75, 3.05) is 0 Å². The summed E-state index contributed by atoms with van der Waals surface area (Å²) < 4.78 is 0. The zero-order chi connectivity index (χ0) is 11.1. The van der Waals surface area contributed by atoms with Crippen LogP contribution in [0, 0.1) is 5.41 Å². The van der Waals surface area contributed by atoms with Gasteiger partial charge in [0.1, 0.15) is 0 Å². The summed E-state index contributed by atoms with van der Waals surface area (Å²) in [7, 11) is 0. The third-order valence-corrected chi connectivity index (χ3v) is 4.21. The van der Waals surface area contributed by atoms with Crippen LogP contribution >= 0.6 is 0 Å². The topological polar surface area (TPSA) is 37.3 Å². The van der Waals surface area contributed by atoms with E-state index in [4.69, 9.17) is 0 Å². The summed E-state index contributed by atoms with van der Waals surface area (Å²) in [4.78, 5) is 11.4. The zero-order valence-corrected chi connectivity index (χ0v) is 9.25. The fourth-order valence-corrected chi connectivity index (χ4v) is 2.95. The van der Waals surface area contributed by atoms with Gasteiger partial charge >= 0.3 is 0 Å². The average molecular weight is 206 g/mol. The van der Waals surface area contributed by atoms with Crippen molar-refractivity contribution in [1.29, 1.82) is 0 Å². The third kappa shape index (κ3) is 1.39. The molecule has 2 aliphatic rings. The molecule has 0 spiro atoms. The van der Waals surface area contributed by atoms with E-state index in [1.165, 1.54) is 0 Å². The van der Waals surface area contributed by atoms with Gasteiger partial charge in [-0.15, -0.1) is 6.58 Å². The molecule has 0 heterocycles. The lowest BCUT2D eigenvalue weighted by Gasteiger charge is -2.50. The van der Waals surface area contributed by atoms with E-state index in [1.54, 1.807) is 12.2 Å². The Morgan fingerprint density at radius 3 is 2.87 bits per heavy atom. The Kier molecular flexibility index (Phi) is 2.34. The van der Waals surface area contributed by atoms with Gasteiger partial charge in [-0.05, 0) is 31.8 Å². The van der Waals surface area contributed by atoms with Gasteiger partial charge < -0.3 is 5.11 Å². The van der Waals surface area contributed by atoms with E-state index >= 15 is 0 Å². The van der Waals surface area contributed by atoms with Crippen LogP contribution in [0.3, 0.4) is 0 Å². The van der Waals surface area contributed by atoms with E-state index in [1.807, 2.05) is 0 Å². The molecule has 2 rings (SSSR count). The molecule has 0 amide bonds. The van der Waals surface area contributed by atoms with E-state index in [2.05, 4.69) is 13.5 Å². The number of carbonyl (C=O) groups is 1. The molecule has 2 nitrogen and oxygen atoms in total. The van der Waals surface area contributed by atoms with Crippen molar-refractivity contribution in [3.63, 3.8) is 0 Å². The molecule has 0 saturated heterocycles. The second-order valence-electron chi connectivity index (χ2n) is 4.95. The number of aliphatic hydroxyl groups is 1. The Morgan fingerprint density at radius 2 is 2.20 bits per heavy atom. The van der Waals surface area contributed by atoms with Crippen LogP contribution in [-0.4, -0.2) is 16.5 Å². The summed E-state index contributed by atoms with van der Waals surface area (Å²) in [5, 5.41) is 10.6. The molecular formula is C13H18O2. The van der Waals surface area contributed by atoms with Gasteiger partial charge in [0.2, 0.25) is 0 Å². The molecule has 0 aromatic carbocycles. The molecule has 2 unspecified atom stereocenters. The van der Waals surface area contributed by atoms with Crippen LogP contribution in [0.25, 0.3) is 0 Å². The van der Waals surface area contributed by atoms with Crippen molar-refractivity contribution in [1.82, 2.24) is 0 Å². The standard InChI is InChI=1S/C13H18O2/c1-3-13(15)7-4-5-10-9-11(14)6-8-12(10,13)2/h3,9,15H,1,4-8H2,2H3. The fourth-order valence-electron chi connectivity index (χ4n) is 2.95. The molecule has 0 aromatic rings. The Morgan fingerprint density at radius 1 is 1.47 bits per heavy atom. The van der Waals surface area contributed by atoms with Crippen LogP contribution in [0.4, 0.5) is 0 Å². The van der Waals surface area contributed by atoms with E-state index < -0.39 is 5.60 Å². The second kappa shape index (κ2) is 3.31. The van der Waals surface area contributed by atoms with Crippen LogP contribution in [0.2, 0.25) is 0 Å². The molecule has 2 aliphatic carbocycles. The van der Waals surface area contributed by atoms with Gasteiger partial charge in [-0.2, -0.15) is 0 Å². The highest BCUT2D eigenvalue weighted by Gasteiger charge is 2.50. The highest BCUT2D eigenvalue weighted by Crippen LogP contribution is 2.52. The highest BCUT2D eigenvalue weighted by molar-refractivity contribution is 5.91. The maximum absolute atomic E-state index is 11.4. The first kappa shape index (κ1) is 10.6. The summed E-state index contributed by atoms with van der Waals surface area (Å²) in [6.07, 6.45) is 7.36. The number of hydrogen-bond acceptors (Lipinski definition) is 2. The Bertz CT molecular complexity index is 342. The molecule has 0 aliphatic heterocycles. The van der Waals surface area contributed by atoms with E-state index in [0.717, 1.165) is 31.3 Å². The van der Waals surface area contributed by atoms with Crippen LogP contribution in [-0.2, 0) is 4.79 Å². The van der Waals surface area contributed by atoms with E-state index in [-0.39, 0.29) is 11.2 Å². The van der Waals surface area contributed by atoms with Gasteiger partial charge in [0.25, 0.3) is 0 Å². The average Bonchev–Trinajstić information content (AvgIpc) is 2.22. The zero-order valence-electron chi connectivity index (χ0n) is 9.25. The van der Waals surface area contributed by atoms with Crippen molar-refractivity contribution in [2.45, 2.75) is 44.6 Å². The van der Waals surface area contributed by atoms with Crippen molar-refractivity contribution >= 4 is 5.78 Å². The molecule has 1 N–H and O–H groups in total. The van der Waals surface area contributed by atoms with Crippen molar-refractivity contribution < 1.29 is 9.90 Å². The monoisotopic (exact) mass is 206 g/mol. The van der Waals surface area contributed by atoms with E-state index in [9.17, 15) is 9.90 Å². The lowest BCUT2D eigenvalue weighted by molar-refractivity contribution is -0.118. The van der Waals surface area contributed by atoms with Gasteiger partial charge in [-0.25, -0.2) is 0 Å². The largest absolute Gasteiger partial charge is 0.385 e. The molecular weight excluding hydrogens is 188 g/mol. The smallest absolute Gasteiger partial charge is 0.155 e. The summed E-state index contributed by atoms with van der Waals surface area (Å²) in [6, 6.07) is 0. The summed E-state index contributed by atoms with van der Waals surface area (Å²) in [5.41, 5.74) is 0.0333. The molecule has 1 saturated carbocycles. The molecule has 0 radical (unpaired) electrons. The first-order valence-electron chi connectivity index (χ1n) is 5.62. The molecule has 82 valence electrons. The first-order valence-corrected chi connectivity index (χ1v) is 5.62. The van der Waals surface area contributed by atoms with E-state index in [0.29, 0.717) is 6.42 Å². The van der Waals surface area contributed by atoms with Crippen LogP contribution < -0.4 is 0 Å². The van der Waals surface area contributed by atoms with Gasteiger partial charge in [0.05, 0.1) is 5.60 Å². The van der Waals surface area contributed by atoms with Crippen molar-refractivity contribution in [3.05, 3.63) is 24.3 Å². The van der Waals surface area contributed by atoms with Crippen LogP contribution in [0.5, 0.6) is 0 Å². The molecule has 1 fully saturated rings. The number of hydrogen-bond donors (Lipinski definition) is 1. The predicted molar refractivity (Wildman–Crippen MR) is 59.4 cm³/mol. The number of ketones is 1. The molecule has 0 aromatic heterocycles. The minimum atomic E-state index is -0.822. The maximum Gasteiger partial charge on any atom is 0.155 e. The lowest BCUT2D eigenvalue weighted by atomic mass is 9.57. The number of rotatable bonds is 1. The minimum Gasteiger partial charge on any atom is -0.385 e. The fraction of sp³-hybridized carbons (Fsp3) is 0.615. The predicted octanol–water partition coefficient (Wildman–Crippen LogP) is 2.38. The first-order chi connectivity index (χ1) is 7.02. The quantitative estimate of drug-likeness (QED) is 0.669. The highest BCUT2D eigenvalue weighted by atomic mass is 16.3. The molecule has 2 atom stereocenters. The molecule has 0 bridgehead atoms. The van der Waals surface area contributed by atoms with Gasteiger partial charge in [-0.3, -0.25) is 4.79 Å². The Balaban J connectivity index is 2.46. The minimum absolute atomic E-state index is 0.204. The van der Waals surface area contributed by atoms with Crippen molar-refractivity contribution in [3.8, 4) is 0 Å². The summed E-state index contributed by atoms with van der Waals surface area (Å²) in [6.45, 7) is 5.81. The van der Waals surface area contributed by atoms with Crippen LogP contribution in [0.15, 0.2) is 24.3 Å². The van der Waals surface area contributed by atoms with Gasteiger partial charge in [-0.1, -0.05) is 18.6 Å². The Labute approximate surface area is 90.7 Å². The Hall–Kier alpha value is -0.890. The van der Waals surface area contributed by atoms with Crippen LogP contribution in [0.1, 0.15) is 39.0 Å². The number of allylic oxidation sites excluding steroid dienone is 1. The third-order valence-electron chi connectivity index (χ3n) is 4.21. The SMILES string of the molecule is C=CC1(O)CCCC2=CC(=O)CCC21C. The van der Waals surface area contributed by atoms with Crippen molar-refractivity contribution in [2.24, 2.45) is 5.41 Å². The lowest BCUT2D eigenvalue weighted by Crippen LogP contribution is -2.50. The molecule has 15 heavy (non-hydrogen) atoms. The summed E-state index contributed by atoms with van der Waals surface area (Å²) in [5.74, 6) is 0.204. The van der Waals surface area contributed by atoms with Gasteiger partial charge in [0, 0.05) is 11.8 Å². The van der Waals surface area contributed by atoms with Gasteiger partial charge in [0.15, 0.2) is 5.78 Å². The summed E-state index contributed by atoms with van der Waals surface area (Å²) >= 11 is 0. The number of carbonyl (C=O) groups excluding carboxylic acids is 1. The maximum atomic E-state index is 11.4.